The second-order valence-corrected chi connectivity index (χ2v) is 3.71. The van der Waals surface area contributed by atoms with Gasteiger partial charge in [0.15, 0.2) is 5.78 Å². The summed E-state index contributed by atoms with van der Waals surface area (Å²) >= 11 is 0. The van der Waals surface area contributed by atoms with E-state index >= 15 is 0 Å². The normalized spacial score (nSPS) is 10.0. The highest BCUT2D eigenvalue weighted by molar-refractivity contribution is 6.01. The minimum atomic E-state index is 0.0338. The van der Waals surface area contributed by atoms with Crippen molar-refractivity contribution in [3.8, 4) is 16.9 Å². The molecule has 0 aliphatic heterocycles. The Morgan fingerprint density at radius 2 is 2.12 bits per heavy atom. The summed E-state index contributed by atoms with van der Waals surface area (Å²) in [5, 5.41) is 0. The first-order valence-electron chi connectivity index (χ1n) is 5.31. The number of carbonyl (C=O) groups is 1. The summed E-state index contributed by atoms with van der Waals surface area (Å²) in [7, 11) is 1.61. The minimum Gasteiger partial charge on any atom is -0.497 e. The lowest BCUT2D eigenvalue weighted by Crippen LogP contribution is -1.97. The van der Waals surface area contributed by atoms with Crippen molar-refractivity contribution in [3.63, 3.8) is 0 Å². The Kier molecular flexibility index (Phi) is 3.19. The third kappa shape index (κ3) is 2.33. The molecule has 0 fully saturated rings. The quantitative estimate of drug-likeness (QED) is 0.757. The molecule has 0 aliphatic carbocycles. The number of nitrogens with zero attached hydrogens (tertiary/aromatic N) is 1. The molecule has 1 heterocycles. The predicted octanol–water partition coefficient (Wildman–Crippen LogP) is 2.96. The molecular weight excluding hydrogens is 214 g/mol. The van der Waals surface area contributed by atoms with E-state index in [2.05, 4.69) is 4.98 Å². The van der Waals surface area contributed by atoms with Crippen molar-refractivity contribution in [3.05, 3.63) is 48.3 Å². The Morgan fingerprint density at radius 1 is 1.29 bits per heavy atom. The van der Waals surface area contributed by atoms with Crippen LogP contribution < -0.4 is 4.74 Å². The summed E-state index contributed by atoms with van der Waals surface area (Å²) in [4.78, 5) is 15.6. The fourth-order valence-corrected chi connectivity index (χ4v) is 1.72. The van der Waals surface area contributed by atoms with Gasteiger partial charge in [0.1, 0.15) is 5.75 Å². The maximum Gasteiger partial charge on any atom is 0.160 e. The summed E-state index contributed by atoms with van der Waals surface area (Å²) < 4.78 is 5.18. The van der Waals surface area contributed by atoms with Gasteiger partial charge in [-0.3, -0.25) is 9.78 Å². The van der Waals surface area contributed by atoms with E-state index in [4.69, 9.17) is 4.74 Å². The average molecular weight is 227 g/mol. The molecule has 3 nitrogen and oxygen atoms in total. The maximum absolute atomic E-state index is 11.6. The van der Waals surface area contributed by atoms with Gasteiger partial charge < -0.3 is 4.74 Å². The molecule has 0 saturated carbocycles. The van der Waals surface area contributed by atoms with Crippen LogP contribution in [0, 0.1) is 0 Å². The van der Waals surface area contributed by atoms with Gasteiger partial charge in [-0.05, 0) is 36.8 Å². The third-order valence-corrected chi connectivity index (χ3v) is 2.58. The van der Waals surface area contributed by atoms with E-state index in [0.717, 1.165) is 16.9 Å². The van der Waals surface area contributed by atoms with Gasteiger partial charge in [0.2, 0.25) is 0 Å². The second kappa shape index (κ2) is 4.78. The highest BCUT2D eigenvalue weighted by Crippen LogP contribution is 2.27. The molecule has 1 aromatic carbocycles. The van der Waals surface area contributed by atoms with Gasteiger partial charge in [-0.15, -0.1) is 0 Å². The topological polar surface area (TPSA) is 39.2 Å². The van der Waals surface area contributed by atoms with Crippen molar-refractivity contribution in [1.82, 2.24) is 4.98 Å². The zero-order valence-corrected chi connectivity index (χ0v) is 9.81. The molecule has 0 atom stereocenters. The highest BCUT2D eigenvalue weighted by atomic mass is 16.5. The Hall–Kier alpha value is -2.16. The summed E-state index contributed by atoms with van der Waals surface area (Å²) in [6, 6.07) is 9.20. The predicted molar refractivity (Wildman–Crippen MR) is 66.2 cm³/mol. The largest absolute Gasteiger partial charge is 0.497 e. The Labute approximate surface area is 100 Å². The summed E-state index contributed by atoms with van der Waals surface area (Å²) in [6.45, 7) is 1.56. The fourth-order valence-electron chi connectivity index (χ4n) is 1.72. The van der Waals surface area contributed by atoms with Crippen molar-refractivity contribution in [1.29, 1.82) is 0 Å². The Balaban J connectivity index is 2.61. The molecule has 3 heteroatoms. The molecule has 0 unspecified atom stereocenters. The van der Waals surface area contributed by atoms with Crippen LogP contribution in [-0.4, -0.2) is 17.9 Å². The number of pyridine rings is 1. The number of ether oxygens (including phenoxy) is 1. The van der Waals surface area contributed by atoms with Crippen molar-refractivity contribution < 1.29 is 9.53 Å². The van der Waals surface area contributed by atoms with Crippen LogP contribution in [0.1, 0.15) is 17.3 Å². The number of hydrogen-bond donors (Lipinski definition) is 0. The van der Waals surface area contributed by atoms with Crippen molar-refractivity contribution in [2.45, 2.75) is 6.92 Å². The molecule has 0 aliphatic rings. The van der Waals surface area contributed by atoms with E-state index in [9.17, 15) is 4.79 Å². The third-order valence-electron chi connectivity index (χ3n) is 2.58. The maximum atomic E-state index is 11.6. The first-order valence-corrected chi connectivity index (χ1v) is 5.31. The van der Waals surface area contributed by atoms with Gasteiger partial charge in [-0.25, -0.2) is 0 Å². The molecule has 17 heavy (non-hydrogen) atoms. The summed E-state index contributed by atoms with van der Waals surface area (Å²) in [5.74, 6) is 0.764. The Morgan fingerprint density at radius 3 is 2.71 bits per heavy atom. The number of carbonyl (C=O) groups excluding carboxylic acids is 1. The van der Waals surface area contributed by atoms with Crippen LogP contribution in [0.2, 0.25) is 0 Å². The van der Waals surface area contributed by atoms with Gasteiger partial charge in [0.25, 0.3) is 0 Å². The minimum absolute atomic E-state index is 0.0338. The first kappa shape index (κ1) is 11.3. The average Bonchev–Trinajstić information content (AvgIpc) is 2.39. The van der Waals surface area contributed by atoms with Gasteiger partial charge in [0.05, 0.1) is 7.11 Å². The van der Waals surface area contributed by atoms with Crippen LogP contribution in [0.5, 0.6) is 5.75 Å². The van der Waals surface area contributed by atoms with Crippen LogP contribution in [0.25, 0.3) is 11.1 Å². The lowest BCUT2D eigenvalue weighted by molar-refractivity contribution is 0.101. The van der Waals surface area contributed by atoms with Crippen molar-refractivity contribution in [2.24, 2.45) is 0 Å². The number of methoxy groups -OCH3 is 1. The number of rotatable bonds is 3. The number of Topliss-reactive ketones (excluding diaryl/α,β-unsaturated/α-hetero) is 1. The van der Waals surface area contributed by atoms with E-state index in [1.54, 1.807) is 38.6 Å². The smallest absolute Gasteiger partial charge is 0.160 e. The molecule has 0 N–H and O–H groups in total. The summed E-state index contributed by atoms with van der Waals surface area (Å²) in [5.41, 5.74) is 2.44. The number of hydrogen-bond acceptors (Lipinski definition) is 3. The van der Waals surface area contributed by atoms with E-state index in [1.807, 2.05) is 18.2 Å². The van der Waals surface area contributed by atoms with E-state index in [-0.39, 0.29) is 5.78 Å². The molecule has 0 bridgehead atoms. The summed E-state index contributed by atoms with van der Waals surface area (Å²) in [6.07, 6.45) is 3.44. The molecule has 0 saturated heterocycles. The van der Waals surface area contributed by atoms with Crippen LogP contribution in [0.3, 0.4) is 0 Å². The SMILES string of the molecule is COc1ccc(C(C)=O)c(-c2cccnc2)c1. The van der Waals surface area contributed by atoms with Gasteiger partial charge in [-0.1, -0.05) is 6.07 Å². The van der Waals surface area contributed by atoms with Gasteiger partial charge >= 0.3 is 0 Å². The van der Waals surface area contributed by atoms with Crippen molar-refractivity contribution >= 4 is 5.78 Å². The van der Waals surface area contributed by atoms with Crippen LogP contribution >= 0.6 is 0 Å². The lowest BCUT2D eigenvalue weighted by atomic mass is 9.98. The molecule has 0 spiro atoms. The zero-order valence-electron chi connectivity index (χ0n) is 9.81. The van der Waals surface area contributed by atoms with E-state index in [1.165, 1.54) is 0 Å². The molecule has 0 radical (unpaired) electrons. The van der Waals surface area contributed by atoms with Gasteiger partial charge in [-0.2, -0.15) is 0 Å². The second-order valence-electron chi connectivity index (χ2n) is 3.71. The van der Waals surface area contributed by atoms with Gasteiger partial charge in [0, 0.05) is 23.5 Å². The molecule has 0 amide bonds. The first-order chi connectivity index (χ1) is 8.22. The van der Waals surface area contributed by atoms with Crippen LogP contribution in [0.4, 0.5) is 0 Å². The fraction of sp³-hybridized carbons (Fsp3) is 0.143. The number of benzene rings is 1. The molecule has 2 rings (SSSR count). The molecule has 2 aromatic rings. The van der Waals surface area contributed by atoms with Crippen LogP contribution in [0.15, 0.2) is 42.7 Å². The van der Waals surface area contributed by atoms with E-state index in [0.29, 0.717) is 5.56 Å². The standard InChI is InChI=1S/C14H13NO2/c1-10(16)13-6-5-12(17-2)8-14(13)11-4-3-7-15-9-11/h3-9H,1-2H3. The highest BCUT2D eigenvalue weighted by Gasteiger charge is 2.10. The molecular formula is C14H13NO2. The number of aromatic nitrogens is 1. The van der Waals surface area contributed by atoms with Crippen molar-refractivity contribution in [2.75, 3.05) is 7.11 Å². The molecule has 1 aromatic heterocycles. The Bertz CT molecular complexity index is 535. The zero-order chi connectivity index (χ0) is 12.3. The van der Waals surface area contributed by atoms with Crippen LogP contribution in [-0.2, 0) is 0 Å². The van der Waals surface area contributed by atoms with E-state index < -0.39 is 0 Å². The monoisotopic (exact) mass is 227 g/mol. The lowest BCUT2D eigenvalue weighted by Gasteiger charge is -2.09. The number of ketones is 1. The molecule has 86 valence electrons.